The third-order valence-corrected chi connectivity index (χ3v) is 2.10. The van der Waals surface area contributed by atoms with Gasteiger partial charge in [-0.05, 0) is 12.1 Å². The van der Waals surface area contributed by atoms with Crippen LogP contribution in [-0.2, 0) is 0 Å². The maximum absolute atomic E-state index is 11.9. The van der Waals surface area contributed by atoms with Gasteiger partial charge in [-0.3, -0.25) is 15.0 Å². The van der Waals surface area contributed by atoms with E-state index in [1.807, 2.05) is 0 Å². The highest BCUT2D eigenvalue weighted by molar-refractivity contribution is 6.12. The average Bonchev–Trinajstić information content (AvgIpc) is 2.36. The molecule has 0 fully saturated rings. The standard InChI is InChI=1S/C10H13N7O2/c11-9(12)16-7(18)5-3-1-2-4-6(5)8(19)17(15)10(13)14/h1-4H,15H2,(H3,13,14)(H4,11,12,16,18). The van der Waals surface area contributed by atoms with E-state index in [1.54, 1.807) is 0 Å². The Labute approximate surface area is 108 Å². The van der Waals surface area contributed by atoms with E-state index in [0.29, 0.717) is 5.01 Å². The molecule has 9 N–H and O–H groups in total. The summed E-state index contributed by atoms with van der Waals surface area (Å²) >= 11 is 0. The van der Waals surface area contributed by atoms with Gasteiger partial charge >= 0.3 is 0 Å². The van der Waals surface area contributed by atoms with Crippen molar-refractivity contribution in [3.63, 3.8) is 0 Å². The van der Waals surface area contributed by atoms with Gasteiger partial charge in [0.2, 0.25) is 5.96 Å². The second-order valence-electron chi connectivity index (χ2n) is 3.45. The van der Waals surface area contributed by atoms with Crippen molar-refractivity contribution in [2.75, 3.05) is 0 Å². The van der Waals surface area contributed by atoms with Crippen molar-refractivity contribution < 1.29 is 9.59 Å². The molecule has 0 spiro atoms. The van der Waals surface area contributed by atoms with Crippen molar-refractivity contribution in [1.82, 2.24) is 5.01 Å². The molecule has 2 amide bonds. The molecule has 0 aliphatic rings. The average molecular weight is 263 g/mol. The van der Waals surface area contributed by atoms with E-state index in [1.165, 1.54) is 24.3 Å². The summed E-state index contributed by atoms with van der Waals surface area (Å²) in [6.45, 7) is 0. The summed E-state index contributed by atoms with van der Waals surface area (Å²) in [5.41, 5.74) is 15.2. The first kappa shape index (κ1) is 14.1. The predicted octanol–water partition coefficient (Wildman–Crippen LogP) is -1.69. The SMILES string of the molecule is N=C(N)N(N)C(=O)c1ccccc1C(=O)N=C(N)N. The molecule has 9 nitrogen and oxygen atoms in total. The van der Waals surface area contributed by atoms with Gasteiger partial charge < -0.3 is 17.2 Å². The van der Waals surface area contributed by atoms with Crippen LogP contribution in [0.15, 0.2) is 29.3 Å². The van der Waals surface area contributed by atoms with Crippen LogP contribution in [0.2, 0.25) is 0 Å². The summed E-state index contributed by atoms with van der Waals surface area (Å²) in [4.78, 5) is 27.0. The number of carbonyl (C=O) groups is 2. The number of nitrogens with two attached hydrogens (primary N) is 4. The van der Waals surface area contributed by atoms with Gasteiger partial charge in [0.1, 0.15) is 0 Å². The number of nitrogens with zero attached hydrogens (tertiary/aromatic N) is 2. The lowest BCUT2D eigenvalue weighted by Gasteiger charge is -2.15. The van der Waals surface area contributed by atoms with Crippen molar-refractivity contribution in [3.8, 4) is 0 Å². The van der Waals surface area contributed by atoms with Gasteiger partial charge in [-0.25, -0.2) is 10.9 Å². The number of hydrogen-bond acceptors (Lipinski definition) is 4. The number of amides is 2. The maximum Gasteiger partial charge on any atom is 0.280 e. The fraction of sp³-hybridized carbons (Fsp3) is 0. The molecule has 0 saturated heterocycles. The van der Waals surface area contributed by atoms with Crippen LogP contribution in [0.25, 0.3) is 0 Å². The van der Waals surface area contributed by atoms with Crippen LogP contribution in [-0.4, -0.2) is 28.7 Å². The zero-order chi connectivity index (χ0) is 14.6. The maximum atomic E-state index is 11.9. The van der Waals surface area contributed by atoms with E-state index in [4.69, 9.17) is 28.5 Å². The molecule has 100 valence electrons. The van der Waals surface area contributed by atoms with Crippen molar-refractivity contribution in [2.24, 2.45) is 28.0 Å². The van der Waals surface area contributed by atoms with Gasteiger partial charge in [0.15, 0.2) is 5.96 Å². The number of nitrogens with one attached hydrogen (secondary N) is 1. The molecule has 9 heteroatoms. The molecule has 1 rings (SSSR count). The summed E-state index contributed by atoms with van der Waals surface area (Å²) in [5.74, 6) is 2.61. The van der Waals surface area contributed by atoms with Crippen LogP contribution < -0.4 is 23.0 Å². The van der Waals surface area contributed by atoms with E-state index < -0.39 is 23.7 Å². The van der Waals surface area contributed by atoms with Gasteiger partial charge in [-0.1, -0.05) is 12.1 Å². The molecule has 0 radical (unpaired) electrons. The summed E-state index contributed by atoms with van der Waals surface area (Å²) in [5, 5.41) is 7.48. The van der Waals surface area contributed by atoms with Gasteiger partial charge in [0.25, 0.3) is 11.8 Å². The van der Waals surface area contributed by atoms with Crippen LogP contribution in [0.1, 0.15) is 20.7 Å². The zero-order valence-corrected chi connectivity index (χ0v) is 9.83. The quantitative estimate of drug-likeness (QED) is 0.140. The Hall–Kier alpha value is -2.94. The summed E-state index contributed by atoms with van der Waals surface area (Å²) < 4.78 is 0. The van der Waals surface area contributed by atoms with Gasteiger partial charge in [0.05, 0.1) is 11.1 Å². The van der Waals surface area contributed by atoms with Crippen LogP contribution >= 0.6 is 0 Å². The normalized spacial score (nSPS) is 9.53. The van der Waals surface area contributed by atoms with Crippen molar-refractivity contribution >= 4 is 23.7 Å². The lowest BCUT2D eigenvalue weighted by atomic mass is 10.1. The molecule has 1 aromatic rings. The van der Waals surface area contributed by atoms with Crippen molar-refractivity contribution in [3.05, 3.63) is 35.4 Å². The molecule has 0 atom stereocenters. The fourth-order valence-electron chi connectivity index (χ4n) is 1.27. The summed E-state index contributed by atoms with van der Waals surface area (Å²) in [6, 6.07) is 5.75. The number of rotatable bonds is 2. The Morgan fingerprint density at radius 2 is 1.63 bits per heavy atom. The molecule has 19 heavy (non-hydrogen) atoms. The van der Waals surface area contributed by atoms with Gasteiger partial charge in [-0.2, -0.15) is 4.99 Å². The molecule has 0 aliphatic carbocycles. The molecule has 1 aromatic carbocycles. The molecular weight excluding hydrogens is 250 g/mol. The smallest absolute Gasteiger partial charge is 0.280 e. The fourth-order valence-corrected chi connectivity index (χ4v) is 1.27. The summed E-state index contributed by atoms with van der Waals surface area (Å²) in [7, 11) is 0. The van der Waals surface area contributed by atoms with Crippen LogP contribution in [0.5, 0.6) is 0 Å². The lowest BCUT2D eigenvalue weighted by molar-refractivity contribution is 0.0837. The third kappa shape index (κ3) is 3.26. The molecule has 0 aromatic heterocycles. The van der Waals surface area contributed by atoms with E-state index in [9.17, 15) is 9.59 Å². The van der Waals surface area contributed by atoms with Crippen LogP contribution in [0.4, 0.5) is 0 Å². The molecule has 0 aliphatic heterocycles. The summed E-state index contributed by atoms with van der Waals surface area (Å²) in [6.07, 6.45) is 0. The Morgan fingerprint density at radius 3 is 2.11 bits per heavy atom. The Kier molecular flexibility index (Phi) is 4.16. The van der Waals surface area contributed by atoms with Gasteiger partial charge in [-0.15, -0.1) is 0 Å². The number of aliphatic imine (C=N–C) groups is 1. The van der Waals surface area contributed by atoms with Crippen molar-refractivity contribution in [1.29, 1.82) is 5.41 Å². The number of guanidine groups is 2. The molecule has 0 saturated carbocycles. The van der Waals surface area contributed by atoms with E-state index in [0.717, 1.165) is 0 Å². The van der Waals surface area contributed by atoms with Crippen LogP contribution in [0.3, 0.4) is 0 Å². The first-order valence-corrected chi connectivity index (χ1v) is 5.00. The number of hydrazine groups is 1. The molecule has 0 unspecified atom stereocenters. The van der Waals surface area contributed by atoms with E-state index >= 15 is 0 Å². The van der Waals surface area contributed by atoms with Gasteiger partial charge in [0, 0.05) is 0 Å². The van der Waals surface area contributed by atoms with E-state index in [-0.39, 0.29) is 11.1 Å². The molecular formula is C10H13N7O2. The second kappa shape index (κ2) is 5.60. The Bertz CT molecular complexity index is 563. The third-order valence-electron chi connectivity index (χ3n) is 2.10. The zero-order valence-electron chi connectivity index (χ0n) is 9.83. The highest BCUT2D eigenvalue weighted by Gasteiger charge is 2.21. The second-order valence-corrected chi connectivity index (χ2v) is 3.45. The topological polar surface area (TPSA) is 178 Å². The predicted molar refractivity (Wildman–Crippen MR) is 68.9 cm³/mol. The number of hydrogen-bond donors (Lipinski definition) is 5. The largest absolute Gasteiger partial charge is 0.370 e. The Balaban J connectivity index is 3.23. The van der Waals surface area contributed by atoms with Crippen molar-refractivity contribution in [2.45, 2.75) is 0 Å². The molecule has 0 heterocycles. The minimum Gasteiger partial charge on any atom is -0.370 e. The highest BCUT2D eigenvalue weighted by atomic mass is 16.2. The number of benzene rings is 1. The minimum absolute atomic E-state index is 0.0439. The lowest BCUT2D eigenvalue weighted by Crippen LogP contribution is -2.46. The Morgan fingerprint density at radius 1 is 1.11 bits per heavy atom. The van der Waals surface area contributed by atoms with Crippen LogP contribution in [0, 0.1) is 5.41 Å². The first-order valence-electron chi connectivity index (χ1n) is 5.00. The minimum atomic E-state index is -0.817. The monoisotopic (exact) mass is 263 g/mol. The first-order chi connectivity index (χ1) is 8.84. The molecule has 0 bridgehead atoms. The number of carbonyl (C=O) groups excluding carboxylic acids is 2. The highest BCUT2D eigenvalue weighted by Crippen LogP contribution is 2.12. The van der Waals surface area contributed by atoms with E-state index in [2.05, 4.69) is 4.99 Å².